The molecular formula is C17H12Cl3N3O2. The third-order valence-electron chi connectivity index (χ3n) is 3.32. The topological polar surface area (TPSA) is 56.2 Å². The van der Waals surface area contributed by atoms with E-state index in [1.54, 1.807) is 48.5 Å². The first-order chi connectivity index (χ1) is 12.0. The van der Waals surface area contributed by atoms with Gasteiger partial charge in [-0.05, 0) is 42.5 Å². The van der Waals surface area contributed by atoms with Crippen LogP contribution in [0.25, 0.3) is 0 Å². The number of hydrogen-bond acceptors (Lipinski definition) is 3. The molecule has 25 heavy (non-hydrogen) atoms. The van der Waals surface area contributed by atoms with Crippen LogP contribution in [0.2, 0.25) is 15.1 Å². The molecule has 2 aromatic carbocycles. The minimum Gasteiger partial charge on any atom is -0.471 e. The van der Waals surface area contributed by atoms with E-state index >= 15 is 0 Å². The molecule has 1 N–H and O–H groups in total. The number of halogens is 3. The summed E-state index contributed by atoms with van der Waals surface area (Å²) in [7, 11) is 0. The summed E-state index contributed by atoms with van der Waals surface area (Å²) in [6, 6.07) is 13.5. The number of benzene rings is 2. The van der Waals surface area contributed by atoms with E-state index in [0.29, 0.717) is 32.2 Å². The molecule has 0 saturated carbocycles. The zero-order chi connectivity index (χ0) is 17.8. The van der Waals surface area contributed by atoms with Crippen molar-refractivity contribution in [2.75, 3.05) is 5.32 Å². The van der Waals surface area contributed by atoms with Gasteiger partial charge in [-0.25, -0.2) is 4.68 Å². The molecule has 3 aromatic rings. The van der Waals surface area contributed by atoms with Gasteiger partial charge in [0.2, 0.25) is 0 Å². The van der Waals surface area contributed by atoms with Gasteiger partial charge in [0.15, 0.2) is 6.73 Å². The van der Waals surface area contributed by atoms with E-state index in [4.69, 9.17) is 39.5 Å². The largest absolute Gasteiger partial charge is 0.471 e. The highest BCUT2D eigenvalue weighted by molar-refractivity contribution is 6.40. The van der Waals surface area contributed by atoms with Crippen molar-refractivity contribution in [2.24, 2.45) is 0 Å². The van der Waals surface area contributed by atoms with E-state index in [-0.39, 0.29) is 6.73 Å². The van der Waals surface area contributed by atoms with Crippen LogP contribution in [0.4, 0.5) is 5.69 Å². The molecule has 0 aliphatic carbocycles. The van der Waals surface area contributed by atoms with Crippen LogP contribution in [0.3, 0.4) is 0 Å². The first-order valence-electron chi connectivity index (χ1n) is 7.20. The van der Waals surface area contributed by atoms with Crippen molar-refractivity contribution in [3.63, 3.8) is 0 Å². The average Bonchev–Trinajstić information content (AvgIpc) is 3.06. The van der Waals surface area contributed by atoms with Crippen molar-refractivity contribution in [3.05, 3.63) is 75.5 Å². The van der Waals surface area contributed by atoms with Gasteiger partial charge in [0.25, 0.3) is 5.91 Å². The molecule has 0 bridgehead atoms. The summed E-state index contributed by atoms with van der Waals surface area (Å²) >= 11 is 18.0. The van der Waals surface area contributed by atoms with Crippen LogP contribution in [0.15, 0.2) is 54.7 Å². The number of hydrogen-bond donors (Lipinski definition) is 1. The Labute approximate surface area is 159 Å². The first kappa shape index (κ1) is 17.6. The van der Waals surface area contributed by atoms with Gasteiger partial charge in [0.05, 0.1) is 15.7 Å². The summed E-state index contributed by atoms with van der Waals surface area (Å²) in [5, 5.41) is 8.10. The van der Waals surface area contributed by atoms with Crippen LogP contribution >= 0.6 is 34.8 Å². The zero-order valence-electron chi connectivity index (χ0n) is 12.7. The van der Waals surface area contributed by atoms with E-state index < -0.39 is 5.91 Å². The second kappa shape index (κ2) is 7.78. The minimum absolute atomic E-state index is 0.0631. The number of carbonyl (C=O) groups is 1. The number of nitrogens with one attached hydrogen (secondary N) is 1. The SMILES string of the molecule is O=C(Nc1c(Cl)cccc1Cl)c1ccnn1COc1ccc(Cl)cc1. The third-order valence-corrected chi connectivity index (χ3v) is 4.20. The van der Waals surface area contributed by atoms with Crippen molar-refractivity contribution in [3.8, 4) is 5.75 Å². The number of para-hydroxylation sites is 1. The van der Waals surface area contributed by atoms with Crippen molar-refractivity contribution < 1.29 is 9.53 Å². The van der Waals surface area contributed by atoms with E-state index in [1.165, 1.54) is 10.9 Å². The Morgan fingerprint density at radius 2 is 1.72 bits per heavy atom. The predicted molar refractivity (Wildman–Crippen MR) is 98.7 cm³/mol. The Kier molecular flexibility index (Phi) is 5.48. The van der Waals surface area contributed by atoms with Gasteiger partial charge in [-0.15, -0.1) is 0 Å². The van der Waals surface area contributed by atoms with Gasteiger partial charge < -0.3 is 10.1 Å². The molecule has 1 heterocycles. The molecule has 0 fully saturated rings. The summed E-state index contributed by atoms with van der Waals surface area (Å²) in [6.07, 6.45) is 1.51. The van der Waals surface area contributed by atoms with Crippen LogP contribution in [-0.4, -0.2) is 15.7 Å². The second-order valence-electron chi connectivity index (χ2n) is 4.99. The number of amides is 1. The quantitative estimate of drug-likeness (QED) is 0.650. The molecule has 5 nitrogen and oxygen atoms in total. The molecule has 8 heteroatoms. The molecule has 1 aromatic heterocycles. The Hall–Kier alpha value is -2.21. The molecule has 128 valence electrons. The van der Waals surface area contributed by atoms with E-state index in [9.17, 15) is 4.79 Å². The van der Waals surface area contributed by atoms with Crippen LogP contribution in [0, 0.1) is 0 Å². The lowest BCUT2D eigenvalue weighted by Gasteiger charge is -2.11. The minimum atomic E-state index is -0.396. The molecule has 0 aliphatic rings. The fraction of sp³-hybridized carbons (Fsp3) is 0.0588. The molecule has 0 unspecified atom stereocenters. The number of anilines is 1. The monoisotopic (exact) mass is 395 g/mol. The summed E-state index contributed by atoms with van der Waals surface area (Å²) in [5.41, 5.74) is 0.659. The maximum Gasteiger partial charge on any atom is 0.274 e. The summed E-state index contributed by atoms with van der Waals surface area (Å²) in [6.45, 7) is 0.0631. The lowest BCUT2D eigenvalue weighted by Crippen LogP contribution is -2.20. The van der Waals surface area contributed by atoms with Gasteiger partial charge in [-0.3, -0.25) is 4.79 Å². The maximum absolute atomic E-state index is 12.5. The second-order valence-corrected chi connectivity index (χ2v) is 6.24. The Morgan fingerprint density at radius 1 is 1.04 bits per heavy atom. The van der Waals surface area contributed by atoms with Gasteiger partial charge >= 0.3 is 0 Å². The lowest BCUT2D eigenvalue weighted by molar-refractivity contribution is 0.100. The summed E-state index contributed by atoms with van der Waals surface area (Å²) < 4.78 is 7.03. The molecule has 0 spiro atoms. The molecule has 3 rings (SSSR count). The maximum atomic E-state index is 12.5. The molecule has 1 amide bonds. The Bertz CT molecular complexity index is 874. The molecular weight excluding hydrogens is 385 g/mol. The standard InChI is InChI=1S/C17H12Cl3N3O2/c18-11-4-6-12(7-5-11)25-10-23-15(8-9-21-23)17(24)22-16-13(19)2-1-3-14(16)20/h1-9H,10H2,(H,22,24). The van der Waals surface area contributed by atoms with Crippen LogP contribution in [0.5, 0.6) is 5.75 Å². The highest BCUT2D eigenvalue weighted by atomic mass is 35.5. The number of ether oxygens (including phenoxy) is 1. The number of aromatic nitrogens is 2. The zero-order valence-corrected chi connectivity index (χ0v) is 15.0. The van der Waals surface area contributed by atoms with Crippen LogP contribution in [0.1, 0.15) is 10.5 Å². The van der Waals surface area contributed by atoms with Gasteiger partial charge in [-0.2, -0.15) is 5.10 Å². The van der Waals surface area contributed by atoms with Crippen LogP contribution in [-0.2, 0) is 6.73 Å². The van der Waals surface area contributed by atoms with E-state index in [0.717, 1.165) is 0 Å². The summed E-state index contributed by atoms with van der Waals surface area (Å²) in [4.78, 5) is 12.5. The number of carbonyl (C=O) groups excluding carboxylic acids is 1. The summed E-state index contributed by atoms with van der Waals surface area (Å²) in [5.74, 6) is 0.215. The molecule has 0 saturated heterocycles. The van der Waals surface area contributed by atoms with Crippen LogP contribution < -0.4 is 10.1 Å². The predicted octanol–water partition coefficient (Wildman–Crippen LogP) is 5.13. The third kappa shape index (κ3) is 4.25. The smallest absolute Gasteiger partial charge is 0.274 e. The number of rotatable bonds is 5. The number of nitrogens with zero attached hydrogens (tertiary/aromatic N) is 2. The van der Waals surface area contributed by atoms with Gasteiger partial charge in [0, 0.05) is 11.2 Å². The highest BCUT2D eigenvalue weighted by Gasteiger charge is 2.15. The molecule has 0 atom stereocenters. The average molecular weight is 397 g/mol. The molecule has 0 radical (unpaired) electrons. The molecule has 0 aliphatic heterocycles. The van der Waals surface area contributed by atoms with Crippen molar-refractivity contribution in [1.82, 2.24) is 9.78 Å². The fourth-order valence-electron chi connectivity index (χ4n) is 2.09. The van der Waals surface area contributed by atoms with E-state index in [1.807, 2.05) is 0 Å². The van der Waals surface area contributed by atoms with Gasteiger partial charge in [-0.1, -0.05) is 40.9 Å². The fourth-order valence-corrected chi connectivity index (χ4v) is 2.71. The Balaban J connectivity index is 1.72. The first-order valence-corrected chi connectivity index (χ1v) is 8.33. The van der Waals surface area contributed by atoms with Crippen molar-refractivity contribution in [1.29, 1.82) is 0 Å². The Morgan fingerprint density at radius 3 is 2.40 bits per heavy atom. The normalized spacial score (nSPS) is 10.5. The lowest BCUT2D eigenvalue weighted by atomic mass is 10.3. The van der Waals surface area contributed by atoms with Gasteiger partial charge in [0.1, 0.15) is 11.4 Å². The van der Waals surface area contributed by atoms with E-state index in [2.05, 4.69) is 10.4 Å². The highest BCUT2D eigenvalue weighted by Crippen LogP contribution is 2.30. The van der Waals surface area contributed by atoms with Crippen molar-refractivity contribution in [2.45, 2.75) is 6.73 Å². The van der Waals surface area contributed by atoms with Crippen molar-refractivity contribution >= 4 is 46.4 Å².